The Bertz CT molecular complexity index is 207. The highest BCUT2D eigenvalue weighted by molar-refractivity contribution is 7.81. The summed E-state index contributed by atoms with van der Waals surface area (Å²) in [5.41, 5.74) is 0. The van der Waals surface area contributed by atoms with Crippen molar-refractivity contribution in [2.45, 2.75) is 31.4 Å². The van der Waals surface area contributed by atoms with E-state index in [-0.39, 0.29) is 11.2 Å². The Kier molecular flexibility index (Phi) is 2.54. The molecule has 1 aliphatic heterocycles. The molecule has 3 unspecified atom stereocenters. The van der Waals surface area contributed by atoms with E-state index >= 15 is 0 Å². The number of amides is 1. The molecule has 0 N–H and O–H groups in total. The highest BCUT2D eigenvalue weighted by Crippen LogP contribution is 2.40. The van der Waals surface area contributed by atoms with Crippen LogP contribution in [0.15, 0.2) is 0 Å². The summed E-state index contributed by atoms with van der Waals surface area (Å²) in [6.45, 7) is 4.02. The summed E-state index contributed by atoms with van der Waals surface area (Å²) in [4.78, 5) is 13.8. The SMILES string of the molecule is CCC(S)C(=O)N1CC2CCC2C1. The number of carbonyl (C=O) groups excluding carboxylic acids is 1. The van der Waals surface area contributed by atoms with Crippen LogP contribution in [0, 0.1) is 11.8 Å². The Labute approximate surface area is 85.1 Å². The first-order valence-electron chi connectivity index (χ1n) is 5.19. The Morgan fingerprint density at radius 2 is 2.00 bits per heavy atom. The van der Waals surface area contributed by atoms with E-state index in [9.17, 15) is 4.79 Å². The van der Waals surface area contributed by atoms with Gasteiger partial charge in [-0.3, -0.25) is 4.79 Å². The largest absolute Gasteiger partial charge is 0.341 e. The van der Waals surface area contributed by atoms with Gasteiger partial charge in [0.1, 0.15) is 0 Å². The van der Waals surface area contributed by atoms with E-state index in [0.717, 1.165) is 31.3 Å². The number of nitrogens with zero attached hydrogens (tertiary/aromatic N) is 1. The molecule has 13 heavy (non-hydrogen) atoms. The standard InChI is InChI=1S/C10H17NOS/c1-2-9(13)10(12)11-5-7-3-4-8(7)6-11/h7-9,13H,2-6H2,1H3. The van der Waals surface area contributed by atoms with Crippen LogP contribution in [0.5, 0.6) is 0 Å². The van der Waals surface area contributed by atoms with Gasteiger partial charge in [0.2, 0.25) is 5.91 Å². The fourth-order valence-electron chi connectivity index (χ4n) is 2.32. The van der Waals surface area contributed by atoms with E-state index in [4.69, 9.17) is 0 Å². The maximum Gasteiger partial charge on any atom is 0.235 e. The molecule has 2 nitrogen and oxygen atoms in total. The number of likely N-dealkylation sites (tertiary alicyclic amines) is 1. The molecule has 1 saturated heterocycles. The predicted molar refractivity (Wildman–Crippen MR) is 55.9 cm³/mol. The minimum atomic E-state index is -0.0718. The third kappa shape index (κ3) is 1.58. The Hall–Kier alpha value is -0.180. The van der Waals surface area contributed by atoms with Crippen LogP contribution < -0.4 is 0 Å². The average molecular weight is 199 g/mol. The highest BCUT2D eigenvalue weighted by Gasteiger charge is 2.41. The van der Waals surface area contributed by atoms with Gasteiger partial charge in [-0.2, -0.15) is 12.6 Å². The monoisotopic (exact) mass is 199 g/mol. The van der Waals surface area contributed by atoms with Crippen molar-refractivity contribution in [3.8, 4) is 0 Å². The van der Waals surface area contributed by atoms with Gasteiger partial charge in [-0.1, -0.05) is 6.92 Å². The second-order valence-electron chi connectivity index (χ2n) is 4.26. The lowest BCUT2D eigenvalue weighted by Crippen LogP contribution is -2.34. The van der Waals surface area contributed by atoms with Crippen molar-refractivity contribution in [2.75, 3.05) is 13.1 Å². The zero-order valence-electron chi connectivity index (χ0n) is 8.07. The summed E-state index contributed by atoms with van der Waals surface area (Å²) in [6.07, 6.45) is 3.50. The summed E-state index contributed by atoms with van der Waals surface area (Å²) >= 11 is 4.29. The lowest BCUT2D eigenvalue weighted by Gasteiger charge is -2.27. The van der Waals surface area contributed by atoms with Crippen molar-refractivity contribution in [2.24, 2.45) is 11.8 Å². The Balaban J connectivity index is 1.91. The number of rotatable bonds is 2. The van der Waals surface area contributed by atoms with Crippen molar-refractivity contribution < 1.29 is 4.79 Å². The van der Waals surface area contributed by atoms with Gasteiger partial charge in [-0.15, -0.1) is 0 Å². The maximum absolute atomic E-state index is 11.7. The number of fused-ring (bicyclic) bond motifs is 1. The Morgan fingerprint density at radius 1 is 1.46 bits per heavy atom. The average Bonchev–Trinajstić information content (AvgIpc) is 2.40. The predicted octanol–water partition coefficient (Wildman–Crippen LogP) is 1.56. The van der Waals surface area contributed by atoms with Crippen LogP contribution >= 0.6 is 12.6 Å². The van der Waals surface area contributed by atoms with Crippen molar-refractivity contribution in [3.05, 3.63) is 0 Å². The van der Waals surface area contributed by atoms with Crippen molar-refractivity contribution in [1.29, 1.82) is 0 Å². The van der Waals surface area contributed by atoms with E-state index in [1.54, 1.807) is 0 Å². The maximum atomic E-state index is 11.7. The van der Waals surface area contributed by atoms with Crippen molar-refractivity contribution in [3.63, 3.8) is 0 Å². The molecule has 1 saturated carbocycles. The number of hydrogen-bond donors (Lipinski definition) is 1. The minimum Gasteiger partial charge on any atom is -0.341 e. The van der Waals surface area contributed by atoms with Crippen LogP contribution in [-0.4, -0.2) is 29.1 Å². The zero-order valence-corrected chi connectivity index (χ0v) is 8.96. The summed E-state index contributed by atoms with van der Waals surface area (Å²) in [5, 5.41) is -0.0718. The van der Waals surface area contributed by atoms with Gasteiger partial charge in [0.15, 0.2) is 0 Å². The molecule has 1 aliphatic carbocycles. The molecular weight excluding hydrogens is 182 g/mol. The first-order chi connectivity index (χ1) is 6.22. The lowest BCUT2D eigenvalue weighted by atomic mass is 9.77. The molecule has 3 atom stereocenters. The Morgan fingerprint density at radius 3 is 2.38 bits per heavy atom. The van der Waals surface area contributed by atoms with Gasteiger partial charge in [0.25, 0.3) is 0 Å². The van der Waals surface area contributed by atoms with Gasteiger partial charge in [0, 0.05) is 13.1 Å². The molecular formula is C10H17NOS. The van der Waals surface area contributed by atoms with E-state index in [1.165, 1.54) is 12.8 Å². The van der Waals surface area contributed by atoms with Crippen LogP contribution in [0.25, 0.3) is 0 Å². The molecule has 0 radical (unpaired) electrons. The topological polar surface area (TPSA) is 20.3 Å². The number of thiol groups is 1. The molecule has 2 rings (SSSR count). The lowest BCUT2D eigenvalue weighted by molar-refractivity contribution is -0.129. The molecule has 0 spiro atoms. The molecule has 0 aromatic carbocycles. The fourth-order valence-corrected chi connectivity index (χ4v) is 2.49. The first-order valence-corrected chi connectivity index (χ1v) is 5.71. The van der Waals surface area contributed by atoms with Gasteiger partial charge >= 0.3 is 0 Å². The summed E-state index contributed by atoms with van der Waals surface area (Å²) < 4.78 is 0. The van der Waals surface area contributed by atoms with Crippen molar-refractivity contribution >= 4 is 18.5 Å². The minimum absolute atomic E-state index is 0.0718. The van der Waals surface area contributed by atoms with Crippen LogP contribution in [0.2, 0.25) is 0 Å². The molecule has 74 valence electrons. The van der Waals surface area contributed by atoms with Crippen LogP contribution in [0.3, 0.4) is 0 Å². The first kappa shape index (κ1) is 9.38. The fraction of sp³-hybridized carbons (Fsp3) is 0.900. The van der Waals surface area contributed by atoms with Crippen LogP contribution in [-0.2, 0) is 4.79 Å². The smallest absolute Gasteiger partial charge is 0.235 e. The molecule has 0 bridgehead atoms. The van der Waals surface area contributed by atoms with Crippen LogP contribution in [0.4, 0.5) is 0 Å². The summed E-state index contributed by atoms with van der Waals surface area (Å²) in [5.74, 6) is 1.89. The third-order valence-electron chi connectivity index (χ3n) is 3.47. The number of carbonyl (C=O) groups is 1. The van der Waals surface area contributed by atoms with Gasteiger partial charge in [-0.25, -0.2) is 0 Å². The second kappa shape index (κ2) is 3.52. The molecule has 2 aliphatic rings. The molecule has 3 heteroatoms. The summed E-state index contributed by atoms with van der Waals surface area (Å²) in [6, 6.07) is 0. The summed E-state index contributed by atoms with van der Waals surface area (Å²) in [7, 11) is 0. The molecule has 1 amide bonds. The van der Waals surface area contributed by atoms with Gasteiger partial charge < -0.3 is 4.90 Å². The molecule has 0 aromatic rings. The quantitative estimate of drug-likeness (QED) is 0.669. The van der Waals surface area contributed by atoms with E-state index in [1.807, 2.05) is 11.8 Å². The van der Waals surface area contributed by atoms with E-state index < -0.39 is 0 Å². The highest BCUT2D eigenvalue weighted by atomic mass is 32.1. The third-order valence-corrected chi connectivity index (χ3v) is 4.05. The van der Waals surface area contributed by atoms with Crippen molar-refractivity contribution in [1.82, 2.24) is 4.90 Å². The normalized spacial score (nSPS) is 33.8. The molecule has 2 fully saturated rings. The van der Waals surface area contributed by atoms with E-state index in [0.29, 0.717) is 0 Å². The molecule has 1 heterocycles. The van der Waals surface area contributed by atoms with E-state index in [2.05, 4.69) is 12.6 Å². The second-order valence-corrected chi connectivity index (χ2v) is 4.89. The zero-order chi connectivity index (χ0) is 9.42. The van der Waals surface area contributed by atoms with Gasteiger partial charge in [0.05, 0.1) is 5.25 Å². The number of hydrogen-bond acceptors (Lipinski definition) is 2. The van der Waals surface area contributed by atoms with Crippen LogP contribution in [0.1, 0.15) is 26.2 Å². The molecule has 0 aromatic heterocycles. The van der Waals surface area contributed by atoms with Gasteiger partial charge in [-0.05, 0) is 31.1 Å².